The van der Waals surface area contributed by atoms with Crippen molar-refractivity contribution in [2.45, 2.75) is 36.4 Å². The maximum atomic E-state index is 13.0. The zero-order valence-corrected chi connectivity index (χ0v) is 23.5. The molecule has 0 aliphatic carbocycles. The van der Waals surface area contributed by atoms with Gasteiger partial charge < -0.3 is 28.5 Å². The molecule has 0 bridgehead atoms. The summed E-state index contributed by atoms with van der Waals surface area (Å²) in [6.07, 6.45) is -0.399. The standard InChI is InChI=1S/C29H28ClNO7S/c1-18(39-21-10-7-19(30)8-11-21)37-27(17-31)38-20-9-12-22(25(33)6-5-15-32)24(16-20)23-13-14-26(34-2)29(36-4)28(23)35-3/h7-16,18,27H,5-6H2,1-4H3. The summed E-state index contributed by atoms with van der Waals surface area (Å²) in [4.78, 5) is 24.8. The first kappa shape index (κ1) is 29.8. The van der Waals surface area contributed by atoms with Gasteiger partial charge in [0.25, 0.3) is 6.29 Å². The van der Waals surface area contributed by atoms with Gasteiger partial charge in [0.1, 0.15) is 23.5 Å². The third-order valence-corrected chi connectivity index (χ3v) is 6.79. The summed E-state index contributed by atoms with van der Waals surface area (Å²) in [6, 6.07) is 17.5. The van der Waals surface area contributed by atoms with Gasteiger partial charge in [-0.1, -0.05) is 23.4 Å². The van der Waals surface area contributed by atoms with Gasteiger partial charge in [-0.25, -0.2) is 0 Å². The molecule has 0 amide bonds. The van der Waals surface area contributed by atoms with Gasteiger partial charge in [-0.3, -0.25) is 4.79 Å². The number of rotatable bonds is 14. The van der Waals surface area contributed by atoms with Gasteiger partial charge in [0.2, 0.25) is 5.75 Å². The lowest BCUT2D eigenvalue weighted by molar-refractivity contribution is -0.107. The van der Waals surface area contributed by atoms with Crippen LogP contribution in [0.15, 0.2) is 59.5 Å². The Kier molecular flexibility index (Phi) is 11.1. The molecule has 0 radical (unpaired) electrons. The van der Waals surface area contributed by atoms with E-state index in [9.17, 15) is 14.9 Å². The summed E-state index contributed by atoms with van der Waals surface area (Å²) in [7, 11) is 4.47. The second-order valence-corrected chi connectivity index (χ2v) is 9.88. The summed E-state index contributed by atoms with van der Waals surface area (Å²) in [5.74, 6) is 1.20. The quantitative estimate of drug-likeness (QED) is 0.0921. The molecule has 0 aliphatic rings. The molecule has 0 aliphatic heterocycles. The minimum atomic E-state index is -1.23. The summed E-state index contributed by atoms with van der Waals surface area (Å²) in [5.41, 5.74) is 0.957. The number of thioether (sulfide) groups is 1. The fourth-order valence-electron chi connectivity index (χ4n) is 3.82. The van der Waals surface area contributed by atoms with Crippen molar-refractivity contribution >= 4 is 35.4 Å². The van der Waals surface area contributed by atoms with Crippen LogP contribution in [0.2, 0.25) is 5.02 Å². The number of nitrogens with zero attached hydrogens (tertiary/aromatic N) is 1. The molecule has 10 heteroatoms. The molecule has 0 saturated heterocycles. The van der Waals surface area contributed by atoms with E-state index in [1.165, 1.54) is 33.1 Å². The van der Waals surface area contributed by atoms with Gasteiger partial charge in [-0.15, -0.1) is 0 Å². The summed E-state index contributed by atoms with van der Waals surface area (Å²) >= 11 is 7.35. The van der Waals surface area contributed by atoms with Crippen molar-refractivity contribution in [2.75, 3.05) is 21.3 Å². The van der Waals surface area contributed by atoms with Crippen LogP contribution < -0.4 is 18.9 Å². The summed E-state index contributed by atoms with van der Waals surface area (Å²) in [5, 5.41) is 10.3. The third-order valence-electron chi connectivity index (χ3n) is 5.55. The molecular weight excluding hydrogens is 542 g/mol. The number of nitriles is 1. The van der Waals surface area contributed by atoms with Crippen LogP contribution in [0.25, 0.3) is 11.1 Å². The van der Waals surface area contributed by atoms with Crippen molar-refractivity contribution in [3.8, 4) is 40.2 Å². The van der Waals surface area contributed by atoms with Crippen LogP contribution in [0.1, 0.15) is 30.1 Å². The molecule has 0 N–H and O–H groups in total. The number of benzene rings is 3. The molecule has 3 rings (SSSR count). The normalized spacial score (nSPS) is 12.1. The highest BCUT2D eigenvalue weighted by molar-refractivity contribution is 7.99. The van der Waals surface area contributed by atoms with Crippen LogP contribution in [0.5, 0.6) is 23.0 Å². The fraction of sp³-hybridized carbons (Fsp3) is 0.276. The Balaban J connectivity index is 1.95. The number of halogens is 1. The van der Waals surface area contributed by atoms with Crippen LogP contribution in [-0.4, -0.2) is 45.1 Å². The van der Waals surface area contributed by atoms with Crippen LogP contribution >= 0.6 is 23.4 Å². The summed E-state index contributed by atoms with van der Waals surface area (Å²) < 4.78 is 28.2. The number of hydrogen-bond acceptors (Lipinski definition) is 9. The van der Waals surface area contributed by atoms with E-state index < -0.39 is 11.7 Å². The number of ketones is 1. The molecule has 8 nitrogen and oxygen atoms in total. The van der Waals surface area contributed by atoms with Crippen molar-refractivity contribution < 1.29 is 33.3 Å². The molecule has 2 unspecified atom stereocenters. The number of aldehydes is 1. The highest BCUT2D eigenvalue weighted by atomic mass is 35.5. The second-order valence-electron chi connectivity index (χ2n) is 8.07. The molecule has 0 spiro atoms. The van der Waals surface area contributed by atoms with Gasteiger partial charge in [0.15, 0.2) is 17.3 Å². The Bertz CT molecular complexity index is 1340. The molecule has 204 valence electrons. The SMILES string of the molecule is COc1ccc(-c2cc(OC(C#N)OC(C)Sc3ccc(Cl)cc3)ccc2C(=O)CCC=O)c(OC)c1OC. The van der Waals surface area contributed by atoms with E-state index >= 15 is 0 Å². The first-order chi connectivity index (χ1) is 18.8. The van der Waals surface area contributed by atoms with Gasteiger partial charge >= 0.3 is 0 Å². The largest absolute Gasteiger partial charge is 0.493 e. The van der Waals surface area contributed by atoms with Crippen LogP contribution in [0.3, 0.4) is 0 Å². The maximum Gasteiger partial charge on any atom is 0.290 e. The van der Waals surface area contributed by atoms with Gasteiger partial charge in [-0.2, -0.15) is 5.26 Å². The number of Topliss-reactive ketones (excluding diaryl/α,β-unsaturated/α-hetero) is 1. The minimum Gasteiger partial charge on any atom is -0.493 e. The monoisotopic (exact) mass is 569 g/mol. The zero-order chi connectivity index (χ0) is 28.4. The highest BCUT2D eigenvalue weighted by Gasteiger charge is 2.23. The van der Waals surface area contributed by atoms with E-state index in [1.54, 1.807) is 42.5 Å². The van der Waals surface area contributed by atoms with Crippen molar-refractivity contribution in [2.24, 2.45) is 0 Å². The van der Waals surface area contributed by atoms with Crippen molar-refractivity contribution in [3.05, 3.63) is 65.2 Å². The molecule has 0 aromatic heterocycles. The van der Waals surface area contributed by atoms with E-state index in [-0.39, 0.29) is 18.6 Å². The van der Waals surface area contributed by atoms with E-state index in [0.29, 0.717) is 51.0 Å². The first-order valence-corrected chi connectivity index (χ1v) is 13.1. The first-order valence-electron chi connectivity index (χ1n) is 11.9. The van der Waals surface area contributed by atoms with Crippen LogP contribution in [-0.2, 0) is 9.53 Å². The molecule has 0 fully saturated rings. The van der Waals surface area contributed by atoms with Gasteiger partial charge in [-0.05, 0) is 67.1 Å². The Morgan fingerprint density at radius 3 is 2.33 bits per heavy atom. The lowest BCUT2D eigenvalue weighted by Gasteiger charge is -2.20. The van der Waals surface area contributed by atoms with Crippen molar-refractivity contribution in [1.82, 2.24) is 0 Å². The Hall–Kier alpha value is -3.71. The topological polar surface area (TPSA) is 104 Å². The molecule has 3 aromatic rings. The van der Waals surface area contributed by atoms with Gasteiger partial charge in [0.05, 0.1) is 21.3 Å². The van der Waals surface area contributed by atoms with E-state index in [0.717, 1.165) is 4.90 Å². The lowest BCUT2D eigenvalue weighted by atomic mass is 9.94. The lowest BCUT2D eigenvalue weighted by Crippen LogP contribution is -2.22. The Morgan fingerprint density at radius 2 is 1.72 bits per heavy atom. The second kappa shape index (κ2) is 14.4. The van der Waals surface area contributed by atoms with E-state index in [4.69, 9.17) is 35.3 Å². The highest BCUT2D eigenvalue weighted by Crippen LogP contribution is 2.46. The number of methoxy groups -OCH3 is 3. The predicted molar refractivity (Wildman–Crippen MR) is 149 cm³/mol. The smallest absolute Gasteiger partial charge is 0.290 e. The molecule has 2 atom stereocenters. The number of carbonyl (C=O) groups is 2. The molecule has 0 saturated carbocycles. The average molecular weight is 570 g/mol. The predicted octanol–water partition coefficient (Wildman–Crippen LogP) is 6.58. The molecule has 39 heavy (non-hydrogen) atoms. The fourth-order valence-corrected chi connectivity index (χ4v) is 4.77. The molecular formula is C29H28ClNO7S. The summed E-state index contributed by atoms with van der Waals surface area (Å²) in [6.45, 7) is 1.81. The number of ether oxygens (including phenoxy) is 5. The van der Waals surface area contributed by atoms with Crippen molar-refractivity contribution in [3.63, 3.8) is 0 Å². The van der Waals surface area contributed by atoms with Crippen LogP contribution in [0, 0.1) is 11.3 Å². The minimum absolute atomic E-state index is 0.0374. The van der Waals surface area contributed by atoms with Crippen LogP contribution in [0.4, 0.5) is 0 Å². The van der Waals surface area contributed by atoms with E-state index in [2.05, 4.69) is 0 Å². The van der Waals surface area contributed by atoms with Gasteiger partial charge in [0, 0.05) is 33.9 Å². The molecule has 0 heterocycles. The average Bonchev–Trinajstić information content (AvgIpc) is 2.95. The zero-order valence-electron chi connectivity index (χ0n) is 21.9. The number of hydrogen-bond donors (Lipinski definition) is 0. The third kappa shape index (κ3) is 7.67. The van der Waals surface area contributed by atoms with Crippen molar-refractivity contribution in [1.29, 1.82) is 5.26 Å². The molecule has 3 aromatic carbocycles. The maximum absolute atomic E-state index is 13.0. The Morgan fingerprint density at radius 1 is 1.00 bits per heavy atom. The van der Waals surface area contributed by atoms with E-state index in [1.807, 2.05) is 25.1 Å². The number of carbonyl (C=O) groups excluding carboxylic acids is 2. The Labute approximate surface area is 236 Å².